The average molecular weight is 291 g/mol. The molecule has 1 aromatic carbocycles. The molecule has 1 aromatic heterocycles. The van der Waals surface area contributed by atoms with E-state index in [1.54, 1.807) is 12.3 Å². The SMILES string of the molecule is Cc1ccc(NCc2cccnc2C(N)=NO)cc1Cl. The fraction of sp³-hybridized carbons (Fsp3) is 0.143. The normalized spacial score (nSPS) is 11.4. The summed E-state index contributed by atoms with van der Waals surface area (Å²) >= 11 is 6.08. The smallest absolute Gasteiger partial charge is 0.189 e. The number of nitrogens with one attached hydrogen (secondary N) is 1. The van der Waals surface area contributed by atoms with Crippen molar-refractivity contribution in [2.45, 2.75) is 13.5 Å². The first kappa shape index (κ1) is 14.1. The largest absolute Gasteiger partial charge is 0.409 e. The summed E-state index contributed by atoms with van der Waals surface area (Å²) in [4.78, 5) is 4.11. The van der Waals surface area contributed by atoms with Gasteiger partial charge in [-0.1, -0.05) is 28.9 Å². The second kappa shape index (κ2) is 6.25. The third-order valence-electron chi connectivity index (χ3n) is 2.90. The Balaban J connectivity index is 2.17. The van der Waals surface area contributed by atoms with Crippen molar-refractivity contribution >= 4 is 23.1 Å². The van der Waals surface area contributed by atoms with Crippen LogP contribution in [-0.4, -0.2) is 16.0 Å². The van der Waals surface area contributed by atoms with Gasteiger partial charge in [0.05, 0.1) is 0 Å². The molecule has 0 saturated carbocycles. The highest BCUT2D eigenvalue weighted by Crippen LogP contribution is 2.20. The molecule has 0 spiro atoms. The number of rotatable bonds is 4. The molecule has 0 saturated heterocycles. The Morgan fingerprint density at radius 2 is 2.25 bits per heavy atom. The van der Waals surface area contributed by atoms with Crippen LogP contribution in [-0.2, 0) is 6.54 Å². The number of aryl methyl sites for hydroxylation is 1. The van der Waals surface area contributed by atoms with E-state index >= 15 is 0 Å². The first-order valence-electron chi connectivity index (χ1n) is 6.03. The Bertz CT molecular complexity index is 643. The van der Waals surface area contributed by atoms with Crippen LogP contribution in [0, 0.1) is 6.92 Å². The number of oxime groups is 1. The summed E-state index contributed by atoms with van der Waals surface area (Å²) in [6.07, 6.45) is 1.60. The van der Waals surface area contributed by atoms with E-state index in [4.69, 9.17) is 22.5 Å². The number of hydrogen-bond acceptors (Lipinski definition) is 4. The molecule has 1 heterocycles. The molecule has 0 fully saturated rings. The quantitative estimate of drug-likeness (QED) is 0.350. The second-order valence-corrected chi connectivity index (χ2v) is 4.72. The highest BCUT2D eigenvalue weighted by Gasteiger charge is 2.08. The summed E-state index contributed by atoms with van der Waals surface area (Å²) in [5.41, 5.74) is 8.81. The van der Waals surface area contributed by atoms with Gasteiger partial charge in [-0.05, 0) is 30.7 Å². The van der Waals surface area contributed by atoms with Gasteiger partial charge in [0.25, 0.3) is 0 Å². The van der Waals surface area contributed by atoms with Crippen LogP contribution in [0.4, 0.5) is 5.69 Å². The lowest BCUT2D eigenvalue weighted by Crippen LogP contribution is -2.18. The van der Waals surface area contributed by atoms with Crippen molar-refractivity contribution in [1.82, 2.24) is 4.98 Å². The van der Waals surface area contributed by atoms with Crippen molar-refractivity contribution in [2.75, 3.05) is 5.32 Å². The number of anilines is 1. The molecule has 6 heteroatoms. The Labute approximate surface area is 122 Å². The molecule has 0 bridgehead atoms. The standard InChI is InChI=1S/C14H15ClN4O/c1-9-4-5-11(7-12(9)15)18-8-10-3-2-6-17-13(10)14(16)19-20/h2-7,18,20H,8H2,1H3,(H2,16,19). The minimum atomic E-state index is -0.00987. The van der Waals surface area contributed by atoms with Gasteiger partial charge >= 0.3 is 0 Å². The van der Waals surface area contributed by atoms with Crippen LogP contribution < -0.4 is 11.1 Å². The fourth-order valence-electron chi connectivity index (χ4n) is 1.76. The predicted molar refractivity (Wildman–Crippen MR) is 80.3 cm³/mol. The van der Waals surface area contributed by atoms with Gasteiger partial charge < -0.3 is 16.3 Å². The molecule has 0 aliphatic rings. The zero-order chi connectivity index (χ0) is 14.5. The van der Waals surface area contributed by atoms with Crippen molar-refractivity contribution in [3.63, 3.8) is 0 Å². The number of nitrogens with two attached hydrogens (primary N) is 1. The van der Waals surface area contributed by atoms with E-state index in [1.807, 2.05) is 31.2 Å². The molecule has 0 amide bonds. The average Bonchev–Trinajstić information content (AvgIpc) is 2.48. The van der Waals surface area contributed by atoms with E-state index < -0.39 is 0 Å². The van der Waals surface area contributed by atoms with Gasteiger partial charge in [-0.25, -0.2) is 0 Å². The van der Waals surface area contributed by atoms with Gasteiger partial charge in [0.15, 0.2) is 5.84 Å². The van der Waals surface area contributed by atoms with Gasteiger partial charge in [0.1, 0.15) is 5.69 Å². The van der Waals surface area contributed by atoms with Gasteiger partial charge in [0, 0.05) is 29.0 Å². The van der Waals surface area contributed by atoms with Crippen molar-refractivity contribution in [3.8, 4) is 0 Å². The van der Waals surface area contributed by atoms with E-state index in [0.29, 0.717) is 17.3 Å². The number of pyridine rings is 1. The Hall–Kier alpha value is -2.27. The van der Waals surface area contributed by atoms with Crippen LogP contribution in [0.5, 0.6) is 0 Å². The highest BCUT2D eigenvalue weighted by molar-refractivity contribution is 6.31. The van der Waals surface area contributed by atoms with Crippen LogP contribution in [0.25, 0.3) is 0 Å². The van der Waals surface area contributed by atoms with Gasteiger partial charge in [0.2, 0.25) is 0 Å². The summed E-state index contributed by atoms with van der Waals surface area (Å²) in [5.74, 6) is -0.00987. The van der Waals surface area contributed by atoms with Crippen molar-refractivity contribution < 1.29 is 5.21 Å². The molecule has 5 nitrogen and oxygen atoms in total. The molecule has 0 aliphatic carbocycles. The molecular weight excluding hydrogens is 276 g/mol. The molecule has 0 atom stereocenters. The summed E-state index contributed by atoms with van der Waals surface area (Å²) < 4.78 is 0. The Kier molecular flexibility index (Phi) is 4.42. The lowest BCUT2D eigenvalue weighted by atomic mass is 10.1. The van der Waals surface area contributed by atoms with Crippen LogP contribution in [0.3, 0.4) is 0 Å². The van der Waals surface area contributed by atoms with Crippen molar-refractivity contribution in [3.05, 3.63) is 58.4 Å². The predicted octanol–water partition coefficient (Wildman–Crippen LogP) is 2.75. The monoisotopic (exact) mass is 290 g/mol. The highest BCUT2D eigenvalue weighted by atomic mass is 35.5. The molecular formula is C14H15ClN4O. The second-order valence-electron chi connectivity index (χ2n) is 4.31. The van der Waals surface area contributed by atoms with E-state index in [2.05, 4.69) is 15.5 Å². The zero-order valence-corrected chi connectivity index (χ0v) is 11.7. The maximum Gasteiger partial charge on any atom is 0.189 e. The summed E-state index contributed by atoms with van der Waals surface area (Å²) in [5, 5.41) is 15.7. The maximum atomic E-state index is 8.75. The topological polar surface area (TPSA) is 83.5 Å². The van der Waals surface area contributed by atoms with Crippen LogP contribution >= 0.6 is 11.6 Å². The van der Waals surface area contributed by atoms with Gasteiger partial charge in [-0.3, -0.25) is 4.98 Å². The molecule has 2 rings (SSSR count). The number of hydrogen-bond donors (Lipinski definition) is 3. The lowest BCUT2D eigenvalue weighted by Gasteiger charge is -2.10. The molecule has 0 aliphatic heterocycles. The minimum absolute atomic E-state index is 0.00987. The molecule has 104 valence electrons. The summed E-state index contributed by atoms with van der Waals surface area (Å²) in [7, 11) is 0. The summed E-state index contributed by atoms with van der Waals surface area (Å²) in [6, 6.07) is 9.41. The van der Waals surface area contributed by atoms with E-state index in [1.165, 1.54) is 0 Å². The number of amidine groups is 1. The van der Waals surface area contributed by atoms with Gasteiger partial charge in [-0.15, -0.1) is 0 Å². The van der Waals surface area contributed by atoms with E-state index in [0.717, 1.165) is 16.8 Å². The molecule has 0 radical (unpaired) electrons. The number of halogens is 1. The molecule has 2 aromatic rings. The summed E-state index contributed by atoms with van der Waals surface area (Å²) in [6.45, 7) is 2.45. The van der Waals surface area contributed by atoms with E-state index in [9.17, 15) is 0 Å². The Morgan fingerprint density at radius 1 is 1.45 bits per heavy atom. The first-order valence-corrected chi connectivity index (χ1v) is 6.41. The van der Waals surface area contributed by atoms with Gasteiger partial charge in [-0.2, -0.15) is 0 Å². The number of nitrogens with zero attached hydrogens (tertiary/aromatic N) is 2. The van der Waals surface area contributed by atoms with E-state index in [-0.39, 0.29) is 5.84 Å². The molecule has 20 heavy (non-hydrogen) atoms. The van der Waals surface area contributed by atoms with Crippen LogP contribution in [0.1, 0.15) is 16.8 Å². The minimum Gasteiger partial charge on any atom is -0.409 e. The zero-order valence-electron chi connectivity index (χ0n) is 11.0. The Morgan fingerprint density at radius 3 is 2.95 bits per heavy atom. The molecule has 0 unspecified atom stereocenters. The number of benzene rings is 1. The van der Waals surface area contributed by atoms with Crippen molar-refractivity contribution in [1.29, 1.82) is 0 Å². The molecule has 4 N–H and O–H groups in total. The third kappa shape index (κ3) is 3.19. The number of aromatic nitrogens is 1. The fourth-order valence-corrected chi connectivity index (χ4v) is 1.94. The van der Waals surface area contributed by atoms with Crippen molar-refractivity contribution in [2.24, 2.45) is 10.9 Å². The van der Waals surface area contributed by atoms with Crippen LogP contribution in [0.2, 0.25) is 5.02 Å². The maximum absolute atomic E-state index is 8.75. The first-order chi connectivity index (χ1) is 9.61. The lowest BCUT2D eigenvalue weighted by molar-refractivity contribution is 0.318. The van der Waals surface area contributed by atoms with Crippen LogP contribution in [0.15, 0.2) is 41.7 Å². The third-order valence-corrected chi connectivity index (χ3v) is 3.30.